The second kappa shape index (κ2) is 9.91. The quantitative estimate of drug-likeness (QED) is 0.630. The molecule has 21 heavy (non-hydrogen) atoms. The van der Waals surface area contributed by atoms with Gasteiger partial charge in [-0.3, -0.25) is 9.88 Å². The van der Waals surface area contributed by atoms with Crippen LogP contribution in [0, 0.1) is 5.41 Å². The van der Waals surface area contributed by atoms with Crippen molar-refractivity contribution in [1.82, 2.24) is 15.2 Å². The van der Waals surface area contributed by atoms with Crippen LogP contribution in [0.4, 0.5) is 0 Å². The highest BCUT2D eigenvalue weighted by Gasteiger charge is 2.28. The largest absolute Gasteiger partial charge is 0.316 e. The maximum absolute atomic E-state index is 4.11. The van der Waals surface area contributed by atoms with Gasteiger partial charge in [-0.2, -0.15) is 0 Å². The molecule has 0 saturated carbocycles. The second-order valence-corrected chi connectivity index (χ2v) is 6.04. The van der Waals surface area contributed by atoms with Gasteiger partial charge in [-0.25, -0.2) is 0 Å². The maximum Gasteiger partial charge on any atom is 0.0271 e. The van der Waals surface area contributed by atoms with Gasteiger partial charge in [-0.1, -0.05) is 27.7 Å². The lowest BCUT2D eigenvalue weighted by Crippen LogP contribution is -2.43. The van der Waals surface area contributed by atoms with Gasteiger partial charge in [-0.15, -0.1) is 0 Å². The van der Waals surface area contributed by atoms with E-state index in [9.17, 15) is 0 Å². The number of hydrogen-bond donors (Lipinski definition) is 1. The van der Waals surface area contributed by atoms with E-state index in [0.29, 0.717) is 5.41 Å². The first-order valence-electron chi connectivity index (χ1n) is 8.51. The minimum absolute atomic E-state index is 0.387. The first kappa shape index (κ1) is 18.1. The third-order valence-corrected chi connectivity index (χ3v) is 4.59. The maximum atomic E-state index is 4.11. The van der Waals surface area contributed by atoms with Gasteiger partial charge in [0.15, 0.2) is 0 Å². The summed E-state index contributed by atoms with van der Waals surface area (Å²) in [5, 5.41) is 3.63. The molecule has 1 N–H and O–H groups in total. The lowest BCUT2D eigenvalue weighted by atomic mass is 9.81. The van der Waals surface area contributed by atoms with Crippen LogP contribution in [0.25, 0.3) is 0 Å². The molecule has 120 valence electrons. The first-order chi connectivity index (χ1) is 10.2. The Morgan fingerprint density at radius 1 is 1.10 bits per heavy atom. The van der Waals surface area contributed by atoms with Crippen molar-refractivity contribution in [2.75, 3.05) is 26.2 Å². The summed E-state index contributed by atoms with van der Waals surface area (Å²) < 4.78 is 0. The molecule has 0 radical (unpaired) electrons. The van der Waals surface area contributed by atoms with Crippen molar-refractivity contribution < 1.29 is 0 Å². The Morgan fingerprint density at radius 3 is 2.29 bits per heavy atom. The standard InChI is InChI=1S/C18H33N3/c1-5-11-20-15-18(6-2,7-3)16-21(8-4)14-17-9-12-19-13-10-17/h9-10,12-13,20H,5-8,11,14-16H2,1-4H3. The van der Waals surface area contributed by atoms with Crippen molar-refractivity contribution in [2.24, 2.45) is 5.41 Å². The molecule has 0 aliphatic carbocycles. The van der Waals surface area contributed by atoms with Crippen LogP contribution in [0.2, 0.25) is 0 Å². The molecule has 3 heteroatoms. The van der Waals surface area contributed by atoms with Crippen LogP contribution in [0.1, 0.15) is 52.5 Å². The molecule has 0 bridgehead atoms. The molecule has 0 fully saturated rings. The van der Waals surface area contributed by atoms with Crippen molar-refractivity contribution in [2.45, 2.75) is 53.5 Å². The molecule has 1 rings (SSSR count). The molecule has 0 spiro atoms. The minimum Gasteiger partial charge on any atom is -0.316 e. The van der Waals surface area contributed by atoms with E-state index in [1.54, 1.807) is 0 Å². The normalized spacial score (nSPS) is 12.0. The zero-order chi connectivity index (χ0) is 15.6. The summed E-state index contributed by atoms with van der Waals surface area (Å²) in [6.45, 7) is 14.7. The Kier molecular flexibility index (Phi) is 8.55. The third kappa shape index (κ3) is 6.15. The van der Waals surface area contributed by atoms with E-state index in [0.717, 1.165) is 32.7 Å². The summed E-state index contributed by atoms with van der Waals surface area (Å²) in [7, 11) is 0. The van der Waals surface area contributed by atoms with E-state index in [4.69, 9.17) is 0 Å². The van der Waals surface area contributed by atoms with Crippen LogP contribution in [0.15, 0.2) is 24.5 Å². The Bertz CT molecular complexity index is 360. The highest BCUT2D eigenvalue weighted by molar-refractivity contribution is 5.09. The van der Waals surface area contributed by atoms with E-state index in [2.05, 4.69) is 55.0 Å². The first-order valence-corrected chi connectivity index (χ1v) is 8.51. The zero-order valence-corrected chi connectivity index (χ0v) is 14.4. The van der Waals surface area contributed by atoms with Gasteiger partial charge in [0.25, 0.3) is 0 Å². The van der Waals surface area contributed by atoms with Crippen LogP contribution in [-0.2, 0) is 6.54 Å². The smallest absolute Gasteiger partial charge is 0.0271 e. The number of rotatable bonds is 11. The fourth-order valence-corrected chi connectivity index (χ4v) is 2.81. The summed E-state index contributed by atoms with van der Waals surface area (Å²) in [5.41, 5.74) is 1.74. The van der Waals surface area contributed by atoms with Crippen molar-refractivity contribution in [3.63, 3.8) is 0 Å². The Morgan fingerprint density at radius 2 is 1.76 bits per heavy atom. The number of hydrogen-bond acceptors (Lipinski definition) is 3. The summed E-state index contributed by atoms with van der Waals surface area (Å²) >= 11 is 0. The van der Waals surface area contributed by atoms with Crippen LogP contribution in [-0.4, -0.2) is 36.1 Å². The highest BCUT2D eigenvalue weighted by atomic mass is 15.1. The van der Waals surface area contributed by atoms with E-state index in [1.165, 1.54) is 24.8 Å². The summed E-state index contributed by atoms with van der Waals surface area (Å²) in [6.07, 6.45) is 7.44. The van der Waals surface area contributed by atoms with Gasteiger partial charge in [0.2, 0.25) is 0 Å². The highest BCUT2D eigenvalue weighted by Crippen LogP contribution is 2.27. The average Bonchev–Trinajstić information content (AvgIpc) is 2.54. The summed E-state index contributed by atoms with van der Waals surface area (Å²) in [6, 6.07) is 4.25. The van der Waals surface area contributed by atoms with Gasteiger partial charge in [0, 0.05) is 32.0 Å². The van der Waals surface area contributed by atoms with Crippen LogP contribution in [0.3, 0.4) is 0 Å². The summed E-state index contributed by atoms with van der Waals surface area (Å²) in [4.78, 5) is 6.67. The minimum atomic E-state index is 0.387. The predicted molar refractivity (Wildman–Crippen MR) is 91.4 cm³/mol. The average molecular weight is 291 g/mol. The molecular weight excluding hydrogens is 258 g/mol. The van der Waals surface area contributed by atoms with Crippen molar-refractivity contribution in [3.8, 4) is 0 Å². The van der Waals surface area contributed by atoms with Crippen molar-refractivity contribution >= 4 is 0 Å². The third-order valence-electron chi connectivity index (χ3n) is 4.59. The lowest BCUT2D eigenvalue weighted by molar-refractivity contribution is 0.133. The topological polar surface area (TPSA) is 28.2 Å². The molecular formula is C18H33N3. The number of aromatic nitrogens is 1. The van der Waals surface area contributed by atoms with Gasteiger partial charge in [-0.05, 0) is 55.5 Å². The Labute approximate surface area is 131 Å². The molecule has 1 aromatic rings. The van der Waals surface area contributed by atoms with Gasteiger partial charge in [0.05, 0.1) is 0 Å². The Balaban J connectivity index is 2.65. The van der Waals surface area contributed by atoms with Gasteiger partial charge < -0.3 is 5.32 Å². The van der Waals surface area contributed by atoms with Crippen LogP contribution < -0.4 is 5.32 Å². The summed E-state index contributed by atoms with van der Waals surface area (Å²) in [5.74, 6) is 0. The molecule has 0 aliphatic rings. The fourth-order valence-electron chi connectivity index (χ4n) is 2.81. The lowest BCUT2D eigenvalue weighted by Gasteiger charge is -2.37. The van der Waals surface area contributed by atoms with Crippen LogP contribution in [0.5, 0.6) is 0 Å². The van der Waals surface area contributed by atoms with Gasteiger partial charge in [0.1, 0.15) is 0 Å². The molecule has 0 aliphatic heterocycles. The molecule has 0 amide bonds. The fraction of sp³-hybridized carbons (Fsp3) is 0.722. The van der Waals surface area contributed by atoms with Crippen molar-refractivity contribution in [1.29, 1.82) is 0 Å². The molecule has 1 aromatic heterocycles. The zero-order valence-electron chi connectivity index (χ0n) is 14.4. The number of nitrogens with zero attached hydrogens (tertiary/aromatic N) is 2. The van der Waals surface area contributed by atoms with Crippen LogP contribution >= 0.6 is 0 Å². The molecule has 0 unspecified atom stereocenters. The molecule has 0 aromatic carbocycles. The van der Waals surface area contributed by atoms with E-state index in [1.807, 2.05) is 12.4 Å². The molecule has 0 saturated heterocycles. The SMILES string of the molecule is CCCNCC(CC)(CC)CN(CC)Cc1ccncc1. The van der Waals surface area contributed by atoms with Gasteiger partial charge >= 0.3 is 0 Å². The predicted octanol–water partition coefficient (Wildman–Crippen LogP) is 3.71. The van der Waals surface area contributed by atoms with E-state index < -0.39 is 0 Å². The Hall–Kier alpha value is -0.930. The monoisotopic (exact) mass is 291 g/mol. The second-order valence-electron chi connectivity index (χ2n) is 6.04. The van der Waals surface area contributed by atoms with E-state index in [-0.39, 0.29) is 0 Å². The molecule has 3 nitrogen and oxygen atoms in total. The van der Waals surface area contributed by atoms with E-state index >= 15 is 0 Å². The number of nitrogens with one attached hydrogen (secondary N) is 1. The number of pyridine rings is 1. The molecule has 0 atom stereocenters. The molecule has 1 heterocycles. The van der Waals surface area contributed by atoms with Crippen molar-refractivity contribution in [3.05, 3.63) is 30.1 Å².